The van der Waals surface area contributed by atoms with Crippen LogP contribution in [0.15, 0.2) is 91.0 Å². The Kier molecular flexibility index (Phi) is 7.14. The SMILES string of the molecule is [C-]#[N+]c1nc2c(nc1Oc1ccccc1)c1nc3nc(C#N)c(Oc4ccccc4)nc3nc1c1nc3nc(C#N)c(Oc4ccccc4)nc3nc21. The van der Waals surface area contributed by atoms with Crippen molar-refractivity contribution in [3.05, 3.63) is 114 Å². The van der Waals surface area contributed by atoms with E-state index in [1.54, 1.807) is 72.8 Å². The van der Waals surface area contributed by atoms with Crippen molar-refractivity contribution in [1.29, 1.82) is 10.5 Å². The molecule has 16 heteroatoms. The minimum atomic E-state index is -0.161. The van der Waals surface area contributed by atoms with Gasteiger partial charge >= 0.3 is 5.82 Å². The molecule has 0 aliphatic rings. The Bertz CT molecular complexity index is 3080. The topological polar surface area (TPSA) is 209 Å². The fourth-order valence-electron chi connectivity index (χ4n) is 5.37. The van der Waals surface area contributed by atoms with E-state index < -0.39 is 0 Å². The van der Waals surface area contributed by atoms with E-state index in [1.165, 1.54) is 0 Å². The van der Waals surface area contributed by atoms with Crippen LogP contribution in [0.3, 0.4) is 0 Å². The molecule has 0 bridgehead atoms. The smallest absolute Gasteiger partial charge is 0.332 e. The van der Waals surface area contributed by atoms with Crippen LogP contribution in [0.2, 0.25) is 0 Å². The van der Waals surface area contributed by atoms with Gasteiger partial charge in [-0.05, 0) is 36.4 Å². The summed E-state index contributed by atoms with van der Waals surface area (Å²) in [4.78, 5) is 49.7. The van der Waals surface area contributed by atoms with E-state index in [4.69, 9.17) is 45.7 Å². The second-order valence-corrected chi connectivity index (χ2v) is 11.0. The summed E-state index contributed by atoms with van der Waals surface area (Å²) in [5.74, 6) is 0.852. The molecule has 0 unspecified atom stereocenters. The van der Waals surface area contributed by atoms with E-state index in [2.05, 4.69) is 29.8 Å². The summed E-state index contributed by atoms with van der Waals surface area (Å²) in [6, 6.07) is 30.4. The Morgan fingerprint density at radius 1 is 0.415 bits per heavy atom. The monoisotopic (exact) mass is 689 g/mol. The highest BCUT2D eigenvalue weighted by molar-refractivity contribution is 6.20. The molecule has 0 amide bonds. The molecule has 9 rings (SSSR count). The second kappa shape index (κ2) is 12.4. The van der Waals surface area contributed by atoms with Gasteiger partial charge in [0.1, 0.15) is 57.0 Å². The lowest BCUT2D eigenvalue weighted by molar-refractivity contribution is 0.460. The third-order valence-corrected chi connectivity index (χ3v) is 7.69. The first-order chi connectivity index (χ1) is 26.1. The standard InChI is InChI=1S/C37H15N13O3/c1-40-34-37(53-21-15-9-4-10-16-21)48-29-27-25(45-33-31(44-27)42-23(18-39)36(50-33)52-20-13-7-3-8-14-20)24-26(28(29)47-34)46-32-30(43-24)41-22(17-38)35(49-32)51-19-11-5-2-6-12-19/h2-16H. The van der Waals surface area contributed by atoms with Crippen molar-refractivity contribution in [3.8, 4) is 47.0 Å². The van der Waals surface area contributed by atoms with Crippen molar-refractivity contribution in [2.75, 3.05) is 0 Å². The normalized spacial score (nSPS) is 11.0. The molecule has 0 saturated heterocycles. The van der Waals surface area contributed by atoms with Gasteiger partial charge in [0.25, 0.3) is 11.8 Å². The maximum atomic E-state index is 9.95. The highest BCUT2D eigenvalue weighted by Crippen LogP contribution is 2.37. The van der Waals surface area contributed by atoms with Crippen LogP contribution in [0.1, 0.15) is 11.4 Å². The number of rotatable bonds is 6. The molecule has 0 atom stereocenters. The molecule has 0 radical (unpaired) electrons. The fraction of sp³-hybridized carbons (Fsp3) is 0. The fourth-order valence-corrected chi connectivity index (χ4v) is 5.37. The van der Waals surface area contributed by atoms with Crippen LogP contribution in [-0.4, -0.2) is 49.8 Å². The van der Waals surface area contributed by atoms with Crippen LogP contribution in [0.5, 0.6) is 34.9 Å². The molecule has 0 aliphatic carbocycles. The summed E-state index contributed by atoms with van der Waals surface area (Å²) in [5, 5.41) is 19.9. The number of hydrogen-bond donors (Lipinski definition) is 0. The maximum Gasteiger partial charge on any atom is 0.332 e. The first-order valence-electron chi connectivity index (χ1n) is 15.6. The lowest BCUT2D eigenvalue weighted by atomic mass is 10.2. The van der Waals surface area contributed by atoms with Crippen molar-refractivity contribution in [3.63, 3.8) is 0 Å². The van der Waals surface area contributed by atoms with Gasteiger partial charge in [0.15, 0.2) is 11.3 Å². The molecule has 0 spiro atoms. The van der Waals surface area contributed by atoms with Crippen LogP contribution >= 0.6 is 0 Å². The summed E-state index contributed by atoms with van der Waals surface area (Å²) in [6.45, 7) is 7.91. The zero-order chi connectivity index (χ0) is 35.9. The molecular weight excluding hydrogens is 674 g/mol. The summed E-state index contributed by atoms with van der Waals surface area (Å²) in [6.07, 6.45) is 0. The number of nitriles is 2. The largest absolute Gasteiger partial charge is 0.447 e. The predicted molar refractivity (Wildman–Crippen MR) is 187 cm³/mol. The molecule has 0 saturated carbocycles. The van der Waals surface area contributed by atoms with Gasteiger partial charge < -0.3 is 19.1 Å². The molecule has 0 fully saturated rings. The van der Waals surface area contributed by atoms with Crippen molar-refractivity contribution in [1.82, 2.24) is 49.8 Å². The number of fused-ring (bicyclic) bond motifs is 8. The first kappa shape index (κ1) is 30.5. The van der Waals surface area contributed by atoms with Gasteiger partial charge in [-0.2, -0.15) is 20.5 Å². The van der Waals surface area contributed by atoms with Crippen LogP contribution in [0.25, 0.3) is 60.5 Å². The zero-order valence-corrected chi connectivity index (χ0v) is 26.7. The lowest BCUT2D eigenvalue weighted by Gasteiger charge is -2.11. The van der Waals surface area contributed by atoms with Crippen molar-refractivity contribution in [2.45, 2.75) is 0 Å². The van der Waals surface area contributed by atoms with E-state index in [1.807, 2.05) is 30.3 Å². The quantitative estimate of drug-likeness (QED) is 0.0970. The number of benzene rings is 4. The Morgan fingerprint density at radius 3 is 1.13 bits per heavy atom. The van der Waals surface area contributed by atoms with E-state index in [0.29, 0.717) is 17.2 Å². The van der Waals surface area contributed by atoms with Crippen LogP contribution in [0, 0.1) is 29.2 Å². The van der Waals surface area contributed by atoms with Crippen LogP contribution in [-0.2, 0) is 0 Å². The minimum Gasteiger partial charge on any atom is -0.447 e. The molecule has 53 heavy (non-hydrogen) atoms. The third kappa shape index (κ3) is 5.41. The maximum absolute atomic E-state index is 9.95. The minimum absolute atomic E-state index is 0.000274. The molecule has 16 nitrogen and oxygen atoms in total. The molecule has 9 aromatic rings. The summed E-state index contributed by atoms with van der Waals surface area (Å²) in [7, 11) is 0. The van der Waals surface area contributed by atoms with E-state index >= 15 is 0 Å². The average molecular weight is 690 g/mol. The molecule has 5 heterocycles. The first-order valence-corrected chi connectivity index (χ1v) is 15.6. The van der Waals surface area contributed by atoms with Gasteiger partial charge in [0.05, 0.1) is 0 Å². The molecule has 5 aromatic heterocycles. The summed E-state index contributed by atoms with van der Waals surface area (Å²) < 4.78 is 17.8. The van der Waals surface area contributed by atoms with E-state index in [-0.39, 0.29) is 90.5 Å². The number of hydrogen-bond acceptors (Lipinski definition) is 15. The average Bonchev–Trinajstić information content (AvgIpc) is 3.20. The van der Waals surface area contributed by atoms with Crippen LogP contribution in [0.4, 0.5) is 5.82 Å². The second-order valence-electron chi connectivity index (χ2n) is 11.0. The molecule has 0 N–H and O–H groups in total. The predicted octanol–water partition coefficient (Wildman–Crippen LogP) is 7.07. The Balaban J connectivity index is 1.34. The highest BCUT2D eigenvalue weighted by atomic mass is 16.5. The third-order valence-electron chi connectivity index (χ3n) is 7.69. The van der Waals surface area contributed by atoms with Gasteiger partial charge in [0, 0.05) is 0 Å². The summed E-state index contributed by atoms with van der Waals surface area (Å²) >= 11 is 0. The van der Waals surface area contributed by atoms with Gasteiger partial charge in [-0.25, -0.2) is 34.9 Å². The van der Waals surface area contributed by atoms with Gasteiger partial charge in [-0.15, -0.1) is 4.98 Å². The number of para-hydroxylation sites is 3. The van der Waals surface area contributed by atoms with Crippen molar-refractivity contribution >= 4 is 61.5 Å². The van der Waals surface area contributed by atoms with Crippen molar-refractivity contribution < 1.29 is 14.2 Å². The summed E-state index contributed by atoms with van der Waals surface area (Å²) in [5.41, 5.74) is 0.613. The number of aromatic nitrogens is 10. The highest BCUT2D eigenvalue weighted by Gasteiger charge is 2.26. The van der Waals surface area contributed by atoms with Gasteiger partial charge in [-0.1, -0.05) is 61.2 Å². The van der Waals surface area contributed by atoms with E-state index in [9.17, 15) is 10.5 Å². The van der Waals surface area contributed by atoms with Gasteiger partial charge in [-0.3, -0.25) is 0 Å². The molecular formula is C37H15N13O3. The van der Waals surface area contributed by atoms with Crippen LogP contribution < -0.4 is 14.2 Å². The Hall–Kier alpha value is -8.55. The zero-order valence-electron chi connectivity index (χ0n) is 26.7. The number of nitrogens with zero attached hydrogens (tertiary/aromatic N) is 13. The van der Waals surface area contributed by atoms with Crippen molar-refractivity contribution in [2.24, 2.45) is 0 Å². The van der Waals surface area contributed by atoms with Gasteiger partial charge in [0.2, 0.25) is 34.1 Å². The Morgan fingerprint density at radius 2 is 0.755 bits per heavy atom. The lowest BCUT2D eigenvalue weighted by Crippen LogP contribution is -2.04. The molecule has 0 aliphatic heterocycles. The molecule has 246 valence electrons. The number of ether oxygens (including phenoxy) is 3. The molecule has 4 aromatic carbocycles. The Labute approximate surface area is 296 Å². The van der Waals surface area contributed by atoms with E-state index in [0.717, 1.165) is 0 Å².